The summed E-state index contributed by atoms with van der Waals surface area (Å²) in [5, 5.41) is 3.16. The Bertz CT molecular complexity index is 1070. The van der Waals surface area contributed by atoms with Crippen LogP contribution in [0, 0.1) is 13.8 Å². The largest absolute Gasteiger partial charge is 0.454 e. The van der Waals surface area contributed by atoms with E-state index in [1.807, 2.05) is 32.9 Å². The minimum absolute atomic E-state index is 0.0213. The van der Waals surface area contributed by atoms with Crippen LogP contribution in [0.2, 0.25) is 0 Å². The Labute approximate surface area is 224 Å². The van der Waals surface area contributed by atoms with Crippen LogP contribution < -0.4 is 5.32 Å². The first-order chi connectivity index (χ1) is 17.8. The van der Waals surface area contributed by atoms with Crippen molar-refractivity contribution in [1.29, 1.82) is 0 Å². The molecule has 37 heavy (non-hydrogen) atoms. The number of carbonyl (C=O) groups excluding carboxylic acids is 3. The molecule has 0 bridgehead atoms. The van der Waals surface area contributed by atoms with E-state index in [-0.39, 0.29) is 36.1 Å². The number of aromatic nitrogens is 1. The summed E-state index contributed by atoms with van der Waals surface area (Å²) in [6.07, 6.45) is 8.12. The van der Waals surface area contributed by atoms with Crippen molar-refractivity contribution in [2.45, 2.75) is 82.7 Å². The second-order valence-electron chi connectivity index (χ2n) is 9.85. The van der Waals surface area contributed by atoms with Crippen molar-refractivity contribution in [2.24, 2.45) is 0 Å². The van der Waals surface area contributed by atoms with E-state index in [2.05, 4.69) is 9.88 Å². The molecule has 1 heterocycles. The standard InChI is InChI=1S/C29H40N2O5S/c1-20-16-25(22(3)31(20)21(2)17-35-4)26(32)18-36-29(34)24-14-10-11-15-27(24)37-19-28(33)30-23-12-8-6-5-7-9-13-23/h10-11,14-16,21,23H,5-9,12-13,17-19H2,1-4H3,(H,30,33)/t21-/m0/s1. The zero-order valence-corrected chi connectivity index (χ0v) is 23.3. The van der Waals surface area contributed by atoms with Crippen LogP contribution in [0.25, 0.3) is 0 Å². The van der Waals surface area contributed by atoms with E-state index in [1.165, 1.54) is 31.0 Å². The number of benzene rings is 1. The van der Waals surface area contributed by atoms with Gasteiger partial charge in [0.1, 0.15) is 0 Å². The second-order valence-corrected chi connectivity index (χ2v) is 10.9. The zero-order valence-electron chi connectivity index (χ0n) is 22.5. The molecule has 202 valence electrons. The Morgan fingerprint density at radius 3 is 2.43 bits per heavy atom. The molecule has 1 fully saturated rings. The van der Waals surface area contributed by atoms with Crippen LogP contribution in [0.4, 0.5) is 0 Å². The van der Waals surface area contributed by atoms with E-state index < -0.39 is 5.97 Å². The summed E-state index contributed by atoms with van der Waals surface area (Å²) in [5.41, 5.74) is 2.69. The summed E-state index contributed by atoms with van der Waals surface area (Å²) in [6.45, 7) is 6.06. The average Bonchev–Trinajstić information content (AvgIpc) is 3.16. The number of ether oxygens (including phenoxy) is 2. The van der Waals surface area contributed by atoms with Gasteiger partial charge in [0.05, 0.1) is 24.0 Å². The lowest BCUT2D eigenvalue weighted by molar-refractivity contribution is -0.119. The van der Waals surface area contributed by atoms with Crippen LogP contribution in [0.5, 0.6) is 0 Å². The molecular formula is C29H40N2O5S. The summed E-state index contributed by atoms with van der Waals surface area (Å²) < 4.78 is 12.7. The molecule has 8 heteroatoms. The SMILES string of the molecule is COC[C@H](C)n1c(C)cc(C(=O)COC(=O)c2ccccc2SCC(=O)NC2CCCCCCC2)c1C. The van der Waals surface area contributed by atoms with Crippen LogP contribution in [0.3, 0.4) is 0 Å². The Kier molecular flexibility index (Phi) is 11.3. The Morgan fingerprint density at radius 2 is 1.73 bits per heavy atom. The third kappa shape index (κ3) is 8.20. The third-order valence-corrected chi connectivity index (χ3v) is 7.98. The van der Waals surface area contributed by atoms with Crippen LogP contribution in [-0.2, 0) is 14.3 Å². The van der Waals surface area contributed by atoms with Crippen LogP contribution in [0.1, 0.15) is 90.0 Å². The van der Waals surface area contributed by atoms with Crippen molar-refractivity contribution in [3.05, 3.63) is 52.8 Å². The van der Waals surface area contributed by atoms with Gasteiger partial charge in [-0.15, -0.1) is 11.8 Å². The number of nitrogens with zero attached hydrogens (tertiary/aromatic N) is 1. The van der Waals surface area contributed by atoms with Gasteiger partial charge in [0.2, 0.25) is 11.7 Å². The molecule has 1 aromatic heterocycles. The van der Waals surface area contributed by atoms with Crippen molar-refractivity contribution in [2.75, 3.05) is 26.1 Å². The highest BCUT2D eigenvalue weighted by atomic mass is 32.2. The highest BCUT2D eigenvalue weighted by Gasteiger charge is 2.21. The van der Waals surface area contributed by atoms with Gasteiger partial charge in [-0.1, -0.05) is 44.2 Å². The van der Waals surface area contributed by atoms with E-state index in [0.717, 1.165) is 37.1 Å². The number of thioether (sulfide) groups is 1. The predicted octanol–water partition coefficient (Wildman–Crippen LogP) is 5.67. The summed E-state index contributed by atoms with van der Waals surface area (Å²) in [7, 11) is 1.65. The fraction of sp³-hybridized carbons (Fsp3) is 0.552. The zero-order chi connectivity index (χ0) is 26.8. The van der Waals surface area contributed by atoms with Crippen molar-refractivity contribution >= 4 is 29.4 Å². The molecule has 1 amide bonds. The summed E-state index contributed by atoms with van der Waals surface area (Å²) in [6, 6.07) is 9.20. The van der Waals surface area contributed by atoms with Crippen LogP contribution in [0.15, 0.2) is 35.2 Å². The first kappa shape index (κ1) is 29.0. The molecule has 2 aromatic rings. The normalized spacial score (nSPS) is 15.5. The summed E-state index contributed by atoms with van der Waals surface area (Å²) in [5.74, 6) is -0.614. The molecule has 0 saturated heterocycles. The van der Waals surface area contributed by atoms with Crippen molar-refractivity contribution in [3.63, 3.8) is 0 Å². The van der Waals surface area contributed by atoms with Gasteiger partial charge in [0, 0.05) is 35.0 Å². The molecule has 7 nitrogen and oxygen atoms in total. The van der Waals surface area contributed by atoms with Gasteiger partial charge in [-0.2, -0.15) is 0 Å². The number of methoxy groups -OCH3 is 1. The first-order valence-corrected chi connectivity index (χ1v) is 14.2. The minimum Gasteiger partial charge on any atom is -0.454 e. The Balaban J connectivity index is 1.56. The lowest BCUT2D eigenvalue weighted by Crippen LogP contribution is -2.36. The lowest BCUT2D eigenvalue weighted by atomic mass is 9.97. The van der Waals surface area contributed by atoms with Gasteiger partial charge in [-0.05, 0) is 51.8 Å². The number of rotatable bonds is 11. The second kappa shape index (κ2) is 14.4. The topological polar surface area (TPSA) is 86.6 Å². The number of nitrogens with one attached hydrogen (secondary N) is 1. The fourth-order valence-electron chi connectivity index (χ4n) is 5.11. The van der Waals surface area contributed by atoms with E-state index in [4.69, 9.17) is 9.47 Å². The molecule has 0 spiro atoms. The highest BCUT2D eigenvalue weighted by Crippen LogP contribution is 2.25. The number of aryl methyl sites for hydroxylation is 1. The van der Waals surface area contributed by atoms with Gasteiger partial charge in [0.25, 0.3) is 0 Å². The van der Waals surface area contributed by atoms with Gasteiger partial charge in [-0.25, -0.2) is 4.79 Å². The maximum absolute atomic E-state index is 12.9. The number of hydrogen-bond acceptors (Lipinski definition) is 6. The number of amides is 1. The highest BCUT2D eigenvalue weighted by molar-refractivity contribution is 8.00. The lowest BCUT2D eigenvalue weighted by Gasteiger charge is -2.21. The molecule has 0 radical (unpaired) electrons. The molecule has 1 N–H and O–H groups in total. The maximum atomic E-state index is 12.9. The van der Waals surface area contributed by atoms with Crippen molar-refractivity contribution < 1.29 is 23.9 Å². The van der Waals surface area contributed by atoms with E-state index in [1.54, 1.807) is 25.3 Å². The van der Waals surface area contributed by atoms with Crippen LogP contribution in [-0.4, -0.2) is 54.3 Å². The smallest absolute Gasteiger partial charge is 0.339 e. The minimum atomic E-state index is -0.571. The molecule has 1 aliphatic rings. The molecule has 1 aliphatic carbocycles. The van der Waals surface area contributed by atoms with Crippen molar-refractivity contribution in [1.82, 2.24) is 9.88 Å². The molecule has 1 aromatic carbocycles. The maximum Gasteiger partial charge on any atom is 0.339 e. The van der Waals surface area contributed by atoms with Gasteiger partial charge < -0.3 is 19.4 Å². The molecule has 0 aliphatic heterocycles. The van der Waals surface area contributed by atoms with E-state index in [0.29, 0.717) is 22.6 Å². The average molecular weight is 529 g/mol. The molecule has 1 saturated carbocycles. The number of carbonyl (C=O) groups is 3. The third-order valence-electron chi connectivity index (χ3n) is 6.90. The molecule has 3 rings (SSSR count). The van der Waals surface area contributed by atoms with Crippen LogP contribution >= 0.6 is 11.8 Å². The van der Waals surface area contributed by atoms with E-state index in [9.17, 15) is 14.4 Å². The van der Waals surface area contributed by atoms with E-state index >= 15 is 0 Å². The van der Waals surface area contributed by atoms with Gasteiger partial charge >= 0.3 is 5.97 Å². The van der Waals surface area contributed by atoms with Crippen molar-refractivity contribution in [3.8, 4) is 0 Å². The predicted molar refractivity (Wildman–Crippen MR) is 147 cm³/mol. The van der Waals surface area contributed by atoms with Gasteiger partial charge in [0.15, 0.2) is 6.61 Å². The first-order valence-electron chi connectivity index (χ1n) is 13.2. The number of ketones is 1. The number of esters is 1. The van der Waals surface area contributed by atoms with Gasteiger partial charge in [-0.3, -0.25) is 9.59 Å². The molecule has 1 atom stereocenters. The molecular weight excluding hydrogens is 488 g/mol. The number of hydrogen-bond donors (Lipinski definition) is 1. The fourth-order valence-corrected chi connectivity index (χ4v) is 5.97. The molecule has 0 unspecified atom stereocenters. The number of Topliss-reactive ketones (excluding diaryl/α,β-unsaturated/α-hetero) is 1. The quantitative estimate of drug-likeness (QED) is 0.230. The Morgan fingerprint density at radius 1 is 1.05 bits per heavy atom. The summed E-state index contributed by atoms with van der Waals surface area (Å²) >= 11 is 1.31. The monoisotopic (exact) mass is 528 g/mol. The Hall–Kier alpha value is -2.58. The summed E-state index contributed by atoms with van der Waals surface area (Å²) in [4.78, 5) is 39.0.